The molecular formula is C15H20ClNO4S. The highest BCUT2D eigenvalue weighted by atomic mass is 35.5. The molecule has 1 aliphatic rings. The summed E-state index contributed by atoms with van der Waals surface area (Å²) >= 11 is 5.84. The monoisotopic (exact) mass is 345 g/mol. The Morgan fingerprint density at radius 1 is 1.36 bits per heavy atom. The highest BCUT2D eigenvalue weighted by Gasteiger charge is 2.33. The van der Waals surface area contributed by atoms with Gasteiger partial charge < -0.3 is 10.1 Å². The zero-order valence-electron chi connectivity index (χ0n) is 12.4. The molecule has 2 rings (SSSR count). The molecule has 0 heterocycles. The third-order valence-electron chi connectivity index (χ3n) is 3.76. The third kappa shape index (κ3) is 4.88. The lowest BCUT2D eigenvalue weighted by atomic mass is 9.95. The van der Waals surface area contributed by atoms with E-state index in [9.17, 15) is 13.2 Å². The number of halogens is 1. The van der Waals surface area contributed by atoms with E-state index in [0.717, 1.165) is 12.8 Å². The molecule has 2 atom stereocenters. The first kappa shape index (κ1) is 17.1. The molecule has 0 aliphatic heterocycles. The number of rotatable bonds is 5. The molecule has 1 fully saturated rings. The second-order valence-corrected chi connectivity index (χ2v) is 8.27. The van der Waals surface area contributed by atoms with Gasteiger partial charge in [0.15, 0.2) is 16.4 Å². The molecule has 1 saturated carbocycles. The van der Waals surface area contributed by atoms with Crippen LogP contribution >= 0.6 is 11.6 Å². The van der Waals surface area contributed by atoms with Gasteiger partial charge in [0, 0.05) is 17.3 Å². The standard InChI is InChI=1S/C15H20ClNO4S/c1-22(19,20)14-8-3-2-7-13(14)17-15(18)10-21-12-6-4-5-11(16)9-12/h4-6,9,13-14H,2-3,7-8,10H2,1H3,(H,17,18)/t13-,14-/m1/s1. The summed E-state index contributed by atoms with van der Waals surface area (Å²) in [6.45, 7) is -0.159. The lowest BCUT2D eigenvalue weighted by molar-refractivity contribution is -0.124. The molecule has 7 heteroatoms. The van der Waals surface area contributed by atoms with Crippen molar-refractivity contribution < 1.29 is 17.9 Å². The number of hydrogen-bond donors (Lipinski definition) is 1. The van der Waals surface area contributed by atoms with Crippen molar-refractivity contribution in [3.05, 3.63) is 29.3 Å². The predicted octanol–water partition coefficient (Wildman–Crippen LogP) is 2.19. The van der Waals surface area contributed by atoms with Gasteiger partial charge in [0.1, 0.15) is 5.75 Å². The minimum absolute atomic E-state index is 0.159. The molecule has 122 valence electrons. The van der Waals surface area contributed by atoms with Crippen molar-refractivity contribution in [3.8, 4) is 5.75 Å². The molecule has 0 bridgehead atoms. The van der Waals surface area contributed by atoms with E-state index >= 15 is 0 Å². The number of amides is 1. The van der Waals surface area contributed by atoms with Gasteiger partial charge in [0.25, 0.3) is 5.91 Å². The molecule has 0 aromatic heterocycles. The molecule has 0 unspecified atom stereocenters. The third-order valence-corrected chi connectivity index (χ3v) is 5.66. The summed E-state index contributed by atoms with van der Waals surface area (Å²) in [6, 6.07) is 6.44. The van der Waals surface area contributed by atoms with Crippen LogP contribution in [0.15, 0.2) is 24.3 Å². The summed E-state index contributed by atoms with van der Waals surface area (Å²) in [5.74, 6) is 0.187. The Morgan fingerprint density at radius 3 is 2.77 bits per heavy atom. The molecule has 0 radical (unpaired) electrons. The van der Waals surface area contributed by atoms with Crippen LogP contribution < -0.4 is 10.1 Å². The van der Waals surface area contributed by atoms with Gasteiger partial charge in [-0.3, -0.25) is 4.79 Å². The first-order chi connectivity index (χ1) is 10.4. The number of hydrogen-bond acceptors (Lipinski definition) is 4. The van der Waals surface area contributed by atoms with Gasteiger partial charge in [-0.05, 0) is 31.0 Å². The molecule has 0 spiro atoms. The van der Waals surface area contributed by atoms with Crippen molar-refractivity contribution >= 4 is 27.3 Å². The van der Waals surface area contributed by atoms with Gasteiger partial charge in [0.2, 0.25) is 0 Å². The Bertz CT molecular complexity index is 632. The van der Waals surface area contributed by atoms with Gasteiger partial charge in [-0.15, -0.1) is 0 Å². The fourth-order valence-electron chi connectivity index (χ4n) is 2.73. The van der Waals surface area contributed by atoms with Crippen LogP contribution in [0.25, 0.3) is 0 Å². The van der Waals surface area contributed by atoms with Crippen molar-refractivity contribution in [2.24, 2.45) is 0 Å². The number of nitrogens with one attached hydrogen (secondary N) is 1. The second kappa shape index (κ2) is 7.33. The van der Waals surface area contributed by atoms with E-state index in [4.69, 9.17) is 16.3 Å². The SMILES string of the molecule is CS(=O)(=O)[C@@H]1CCCC[C@H]1NC(=O)COc1cccc(Cl)c1. The Kier molecular flexibility index (Phi) is 5.69. The van der Waals surface area contributed by atoms with Crippen LogP contribution in [-0.2, 0) is 14.6 Å². The number of benzene rings is 1. The van der Waals surface area contributed by atoms with Crippen LogP contribution in [-0.4, -0.2) is 38.5 Å². The highest BCUT2D eigenvalue weighted by Crippen LogP contribution is 2.24. The fraction of sp³-hybridized carbons (Fsp3) is 0.533. The first-order valence-corrected chi connectivity index (χ1v) is 9.56. The fourth-order valence-corrected chi connectivity index (χ4v) is 4.30. The topological polar surface area (TPSA) is 72.5 Å². The van der Waals surface area contributed by atoms with Crippen LogP contribution in [0.2, 0.25) is 5.02 Å². The Hall–Kier alpha value is -1.27. The van der Waals surface area contributed by atoms with Crippen LogP contribution in [0, 0.1) is 0 Å². The average Bonchev–Trinajstić information content (AvgIpc) is 2.45. The maximum atomic E-state index is 12.0. The van der Waals surface area contributed by atoms with E-state index in [0.29, 0.717) is 23.6 Å². The van der Waals surface area contributed by atoms with E-state index in [1.807, 2.05) is 0 Å². The largest absolute Gasteiger partial charge is 0.484 e. The maximum Gasteiger partial charge on any atom is 0.258 e. The number of sulfone groups is 1. The Labute approximate surface area is 135 Å². The van der Waals surface area contributed by atoms with E-state index in [1.165, 1.54) is 6.26 Å². The zero-order valence-corrected chi connectivity index (χ0v) is 14.0. The van der Waals surface area contributed by atoms with Crippen LogP contribution in [0.5, 0.6) is 5.75 Å². The van der Waals surface area contributed by atoms with Crippen molar-refractivity contribution in [1.82, 2.24) is 5.32 Å². The molecule has 1 aromatic rings. The van der Waals surface area contributed by atoms with Gasteiger partial charge >= 0.3 is 0 Å². The lowest BCUT2D eigenvalue weighted by Crippen LogP contribution is -2.49. The summed E-state index contributed by atoms with van der Waals surface area (Å²) in [7, 11) is -3.17. The number of ether oxygens (including phenoxy) is 1. The highest BCUT2D eigenvalue weighted by molar-refractivity contribution is 7.91. The molecule has 0 saturated heterocycles. The minimum atomic E-state index is -3.17. The van der Waals surface area contributed by atoms with E-state index in [2.05, 4.69) is 5.32 Å². The van der Waals surface area contributed by atoms with E-state index < -0.39 is 15.1 Å². The molecule has 5 nitrogen and oxygen atoms in total. The van der Waals surface area contributed by atoms with Gasteiger partial charge in [-0.25, -0.2) is 8.42 Å². The zero-order chi connectivity index (χ0) is 16.2. The quantitative estimate of drug-likeness (QED) is 0.887. The summed E-state index contributed by atoms with van der Waals surface area (Å²) in [4.78, 5) is 12.0. The Balaban J connectivity index is 1.90. The smallest absolute Gasteiger partial charge is 0.258 e. The van der Waals surface area contributed by atoms with E-state index in [1.54, 1.807) is 24.3 Å². The first-order valence-electron chi connectivity index (χ1n) is 7.23. The van der Waals surface area contributed by atoms with Gasteiger partial charge in [0.05, 0.1) is 5.25 Å². The normalized spacial score (nSPS) is 22.1. The van der Waals surface area contributed by atoms with Crippen LogP contribution in [0.4, 0.5) is 0 Å². The second-order valence-electron chi connectivity index (χ2n) is 5.57. The molecule has 1 aromatic carbocycles. The summed E-state index contributed by atoms with van der Waals surface area (Å²) in [5, 5.41) is 2.81. The van der Waals surface area contributed by atoms with Gasteiger partial charge in [-0.1, -0.05) is 30.5 Å². The van der Waals surface area contributed by atoms with E-state index in [-0.39, 0.29) is 18.6 Å². The molecule has 1 N–H and O–H groups in total. The van der Waals surface area contributed by atoms with Crippen molar-refractivity contribution in [1.29, 1.82) is 0 Å². The number of carbonyl (C=O) groups is 1. The number of carbonyl (C=O) groups excluding carboxylic acids is 1. The van der Waals surface area contributed by atoms with Crippen LogP contribution in [0.1, 0.15) is 25.7 Å². The summed E-state index contributed by atoms with van der Waals surface area (Å²) in [6.07, 6.45) is 4.30. The minimum Gasteiger partial charge on any atom is -0.484 e. The maximum absolute atomic E-state index is 12.0. The lowest BCUT2D eigenvalue weighted by Gasteiger charge is -2.30. The van der Waals surface area contributed by atoms with Crippen molar-refractivity contribution in [3.63, 3.8) is 0 Å². The van der Waals surface area contributed by atoms with Crippen LogP contribution in [0.3, 0.4) is 0 Å². The molecule has 1 aliphatic carbocycles. The van der Waals surface area contributed by atoms with Gasteiger partial charge in [-0.2, -0.15) is 0 Å². The molecule has 22 heavy (non-hydrogen) atoms. The molecular weight excluding hydrogens is 326 g/mol. The predicted molar refractivity (Wildman–Crippen MR) is 86.0 cm³/mol. The van der Waals surface area contributed by atoms with Crippen molar-refractivity contribution in [2.45, 2.75) is 37.0 Å². The molecule has 1 amide bonds. The summed E-state index contributed by atoms with van der Waals surface area (Å²) < 4.78 is 29.0. The average molecular weight is 346 g/mol. The Morgan fingerprint density at radius 2 is 2.09 bits per heavy atom. The summed E-state index contributed by atoms with van der Waals surface area (Å²) in [5.41, 5.74) is 0. The van der Waals surface area contributed by atoms with Crippen molar-refractivity contribution in [2.75, 3.05) is 12.9 Å².